The Morgan fingerprint density at radius 3 is 2.52 bits per heavy atom. The molecule has 1 aromatic heterocycles. The lowest BCUT2D eigenvalue weighted by Crippen LogP contribution is -2.32. The van der Waals surface area contributed by atoms with Gasteiger partial charge in [-0.2, -0.15) is 5.10 Å². The van der Waals surface area contributed by atoms with E-state index in [2.05, 4.69) is 10.2 Å². The number of carbonyl (C=O) groups excluding carboxylic acids is 1. The van der Waals surface area contributed by atoms with Crippen LogP contribution in [-0.2, 0) is 16.4 Å². The monoisotopic (exact) mass is 316 g/mol. The third-order valence-electron chi connectivity index (χ3n) is 3.41. The van der Waals surface area contributed by atoms with Gasteiger partial charge >= 0.3 is 0 Å². The highest BCUT2D eigenvalue weighted by atomic mass is 32.2. The van der Waals surface area contributed by atoms with Crippen LogP contribution in [0.4, 0.5) is 0 Å². The molecule has 1 atom stereocenters. The summed E-state index contributed by atoms with van der Waals surface area (Å²) in [5.41, 5.74) is 0.270. The topological polar surface area (TPSA) is 109 Å². The summed E-state index contributed by atoms with van der Waals surface area (Å²) in [5.74, 6) is -0.108. The number of carbonyl (C=O) groups is 1. The van der Waals surface area contributed by atoms with Crippen molar-refractivity contribution in [2.45, 2.75) is 44.9 Å². The van der Waals surface area contributed by atoms with Crippen molar-refractivity contribution in [2.75, 3.05) is 13.6 Å². The van der Waals surface area contributed by atoms with Crippen molar-refractivity contribution in [3.8, 4) is 0 Å². The molecule has 0 bridgehead atoms. The maximum atomic E-state index is 12.4. The number of H-pyrrole nitrogens is 1. The SMILES string of the molecule is CCCc1[nH]nc(C(=O)N(C)CC(C)CC)c1S(N)(=O)=O. The number of aromatic amines is 1. The number of hydrogen-bond acceptors (Lipinski definition) is 4. The predicted molar refractivity (Wildman–Crippen MR) is 80.4 cm³/mol. The van der Waals surface area contributed by atoms with E-state index in [4.69, 9.17) is 5.14 Å². The summed E-state index contributed by atoms with van der Waals surface area (Å²) < 4.78 is 23.5. The molecular weight excluding hydrogens is 292 g/mol. The summed E-state index contributed by atoms with van der Waals surface area (Å²) in [6, 6.07) is 0. The van der Waals surface area contributed by atoms with Crippen LogP contribution >= 0.6 is 0 Å². The lowest BCUT2D eigenvalue weighted by atomic mass is 10.1. The van der Waals surface area contributed by atoms with Gasteiger partial charge in [0.15, 0.2) is 5.69 Å². The van der Waals surface area contributed by atoms with Gasteiger partial charge in [-0.15, -0.1) is 0 Å². The van der Waals surface area contributed by atoms with Crippen LogP contribution in [0.25, 0.3) is 0 Å². The number of aryl methyl sites for hydroxylation is 1. The van der Waals surface area contributed by atoms with Crippen molar-refractivity contribution in [3.63, 3.8) is 0 Å². The fourth-order valence-electron chi connectivity index (χ4n) is 2.10. The summed E-state index contributed by atoms with van der Waals surface area (Å²) in [6.45, 7) is 6.50. The van der Waals surface area contributed by atoms with E-state index < -0.39 is 15.9 Å². The Morgan fingerprint density at radius 1 is 1.43 bits per heavy atom. The average molecular weight is 316 g/mol. The Labute approximate surface area is 126 Å². The van der Waals surface area contributed by atoms with Gasteiger partial charge in [0.25, 0.3) is 5.91 Å². The Kier molecular flexibility index (Phi) is 5.91. The number of amides is 1. The zero-order valence-corrected chi connectivity index (χ0v) is 13.8. The summed E-state index contributed by atoms with van der Waals surface area (Å²) in [6.07, 6.45) is 2.13. The van der Waals surface area contributed by atoms with Gasteiger partial charge in [0.2, 0.25) is 10.0 Å². The molecule has 21 heavy (non-hydrogen) atoms. The second kappa shape index (κ2) is 7.04. The molecule has 8 heteroatoms. The van der Waals surface area contributed by atoms with E-state index in [0.29, 0.717) is 24.6 Å². The minimum atomic E-state index is -4.00. The Morgan fingerprint density at radius 2 is 2.05 bits per heavy atom. The van der Waals surface area contributed by atoms with Crippen molar-refractivity contribution in [3.05, 3.63) is 11.4 Å². The van der Waals surface area contributed by atoms with Gasteiger partial charge in [0.1, 0.15) is 4.90 Å². The lowest BCUT2D eigenvalue weighted by molar-refractivity contribution is 0.0765. The highest BCUT2D eigenvalue weighted by Gasteiger charge is 2.29. The van der Waals surface area contributed by atoms with Crippen LogP contribution in [-0.4, -0.2) is 43.0 Å². The Bertz CT molecular complexity index is 595. The van der Waals surface area contributed by atoms with Crippen LogP contribution in [0.5, 0.6) is 0 Å². The van der Waals surface area contributed by atoms with Crippen molar-refractivity contribution in [1.82, 2.24) is 15.1 Å². The number of primary sulfonamides is 1. The lowest BCUT2D eigenvalue weighted by Gasteiger charge is -2.20. The number of hydrogen-bond donors (Lipinski definition) is 2. The molecule has 0 radical (unpaired) electrons. The molecule has 1 heterocycles. The largest absolute Gasteiger partial charge is 0.340 e. The molecule has 0 saturated heterocycles. The average Bonchev–Trinajstić information content (AvgIpc) is 2.81. The summed E-state index contributed by atoms with van der Waals surface area (Å²) in [5, 5.41) is 11.7. The molecule has 7 nitrogen and oxygen atoms in total. The van der Waals surface area contributed by atoms with Crippen LogP contribution in [0.1, 0.15) is 49.8 Å². The van der Waals surface area contributed by atoms with Gasteiger partial charge in [-0.3, -0.25) is 9.89 Å². The quantitative estimate of drug-likeness (QED) is 0.785. The minimum absolute atomic E-state index is 0.119. The third-order valence-corrected chi connectivity index (χ3v) is 4.42. The van der Waals surface area contributed by atoms with Crippen LogP contribution in [0.3, 0.4) is 0 Å². The molecular formula is C13H24N4O3S. The van der Waals surface area contributed by atoms with Crippen LogP contribution in [0.15, 0.2) is 4.90 Å². The van der Waals surface area contributed by atoms with E-state index >= 15 is 0 Å². The zero-order valence-electron chi connectivity index (χ0n) is 13.0. The van der Waals surface area contributed by atoms with Gasteiger partial charge in [-0.05, 0) is 12.3 Å². The second-order valence-corrected chi connectivity index (χ2v) is 6.87. The molecule has 0 aliphatic carbocycles. The van der Waals surface area contributed by atoms with Crippen molar-refractivity contribution in [1.29, 1.82) is 0 Å². The van der Waals surface area contributed by atoms with E-state index in [9.17, 15) is 13.2 Å². The van der Waals surface area contributed by atoms with E-state index in [-0.39, 0.29) is 10.6 Å². The summed E-state index contributed by atoms with van der Waals surface area (Å²) >= 11 is 0. The van der Waals surface area contributed by atoms with E-state index in [0.717, 1.165) is 12.8 Å². The number of sulfonamides is 1. The normalized spacial score (nSPS) is 13.2. The highest BCUT2D eigenvalue weighted by Crippen LogP contribution is 2.20. The number of aromatic nitrogens is 2. The molecule has 0 saturated carbocycles. The van der Waals surface area contributed by atoms with Gasteiger partial charge in [-0.1, -0.05) is 33.6 Å². The molecule has 0 spiro atoms. The maximum absolute atomic E-state index is 12.4. The third kappa shape index (κ3) is 4.28. The Balaban J connectivity index is 3.16. The van der Waals surface area contributed by atoms with Crippen molar-refractivity contribution >= 4 is 15.9 Å². The van der Waals surface area contributed by atoms with E-state index in [1.165, 1.54) is 4.90 Å². The van der Waals surface area contributed by atoms with Crippen LogP contribution in [0.2, 0.25) is 0 Å². The number of nitrogens with zero attached hydrogens (tertiary/aromatic N) is 2. The van der Waals surface area contributed by atoms with E-state index in [1.807, 2.05) is 20.8 Å². The van der Waals surface area contributed by atoms with Crippen LogP contribution < -0.4 is 5.14 Å². The molecule has 1 rings (SSSR count). The number of nitrogens with two attached hydrogens (primary N) is 1. The first-order valence-electron chi connectivity index (χ1n) is 7.07. The molecule has 3 N–H and O–H groups in total. The van der Waals surface area contributed by atoms with Gasteiger partial charge in [0.05, 0.1) is 5.69 Å². The summed E-state index contributed by atoms with van der Waals surface area (Å²) in [4.78, 5) is 13.7. The van der Waals surface area contributed by atoms with E-state index in [1.54, 1.807) is 7.05 Å². The first-order chi connectivity index (χ1) is 9.72. The molecule has 1 unspecified atom stereocenters. The first-order valence-corrected chi connectivity index (χ1v) is 8.62. The number of nitrogens with one attached hydrogen (secondary N) is 1. The molecule has 1 aromatic rings. The molecule has 1 amide bonds. The number of rotatable bonds is 7. The molecule has 0 aliphatic rings. The molecule has 0 fully saturated rings. The molecule has 0 aliphatic heterocycles. The van der Waals surface area contributed by atoms with Gasteiger partial charge in [0, 0.05) is 13.6 Å². The fourth-order valence-corrected chi connectivity index (χ4v) is 2.99. The highest BCUT2D eigenvalue weighted by molar-refractivity contribution is 7.89. The first kappa shape index (κ1) is 17.6. The second-order valence-electron chi connectivity index (χ2n) is 5.37. The minimum Gasteiger partial charge on any atom is -0.340 e. The Hall–Kier alpha value is -1.41. The zero-order chi connectivity index (χ0) is 16.2. The van der Waals surface area contributed by atoms with Gasteiger partial charge in [-0.25, -0.2) is 13.6 Å². The van der Waals surface area contributed by atoms with Crippen molar-refractivity contribution < 1.29 is 13.2 Å². The molecule has 120 valence electrons. The maximum Gasteiger partial charge on any atom is 0.275 e. The fraction of sp³-hybridized carbons (Fsp3) is 0.692. The predicted octanol–water partition coefficient (Wildman–Crippen LogP) is 1.13. The summed E-state index contributed by atoms with van der Waals surface area (Å²) in [7, 11) is -2.36. The van der Waals surface area contributed by atoms with Crippen molar-refractivity contribution in [2.24, 2.45) is 11.1 Å². The smallest absolute Gasteiger partial charge is 0.275 e. The standard InChI is InChI=1S/C13H24N4O3S/c1-5-7-10-12(21(14,19)20)11(16-15-10)13(18)17(4)8-9(3)6-2/h9H,5-8H2,1-4H3,(H,15,16)(H2,14,19,20). The van der Waals surface area contributed by atoms with Crippen LogP contribution in [0, 0.1) is 5.92 Å². The molecule has 0 aromatic carbocycles. The van der Waals surface area contributed by atoms with Gasteiger partial charge < -0.3 is 4.90 Å².